The van der Waals surface area contributed by atoms with E-state index in [0.717, 1.165) is 18.4 Å². The summed E-state index contributed by atoms with van der Waals surface area (Å²) in [6, 6.07) is 16.8. The van der Waals surface area contributed by atoms with Crippen molar-refractivity contribution in [1.29, 1.82) is 0 Å². The SMILES string of the molecule is O=C(c1ccc(Cl)cc1)N1CCC(c2nc(-c3ccccc3)no2)CC1. The van der Waals surface area contributed by atoms with E-state index in [1.807, 2.05) is 35.2 Å². The molecule has 0 N–H and O–H groups in total. The van der Waals surface area contributed by atoms with Gasteiger partial charge in [-0.05, 0) is 37.1 Å². The van der Waals surface area contributed by atoms with Gasteiger partial charge in [0.1, 0.15) is 0 Å². The van der Waals surface area contributed by atoms with Crippen molar-refractivity contribution in [2.75, 3.05) is 13.1 Å². The Morgan fingerprint density at radius 3 is 2.42 bits per heavy atom. The molecule has 0 aliphatic carbocycles. The van der Waals surface area contributed by atoms with Crippen LogP contribution < -0.4 is 0 Å². The lowest BCUT2D eigenvalue weighted by atomic mass is 9.96. The molecule has 0 spiro atoms. The number of amides is 1. The van der Waals surface area contributed by atoms with Crippen molar-refractivity contribution >= 4 is 17.5 Å². The lowest BCUT2D eigenvalue weighted by Gasteiger charge is -2.30. The number of rotatable bonds is 3. The van der Waals surface area contributed by atoms with Gasteiger partial charge in [0.2, 0.25) is 11.7 Å². The molecule has 0 unspecified atom stereocenters. The summed E-state index contributed by atoms with van der Waals surface area (Å²) in [4.78, 5) is 19.0. The molecule has 1 aromatic heterocycles. The summed E-state index contributed by atoms with van der Waals surface area (Å²) in [5, 5.41) is 4.72. The minimum Gasteiger partial charge on any atom is -0.339 e. The molecule has 0 saturated carbocycles. The zero-order chi connectivity index (χ0) is 17.9. The van der Waals surface area contributed by atoms with Gasteiger partial charge in [0.15, 0.2) is 0 Å². The maximum atomic E-state index is 12.6. The largest absolute Gasteiger partial charge is 0.339 e. The average Bonchev–Trinajstić information content (AvgIpc) is 3.19. The molecule has 6 heteroatoms. The maximum absolute atomic E-state index is 12.6. The molecule has 132 valence electrons. The third kappa shape index (κ3) is 3.48. The number of hydrogen-bond donors (Lipinski definition) is 0. The number of hydrogen-bond acceptors (Lipinski definition) is 4. The molecule has 1 amide bonds. The second-order valence-electron chi connectivity index (χ2n) is 6.40. The molecule has 5 nitrogen and oxygen atoms in total. The van der Waals surface area contributed by atoms with Crippen molar-refractivity contribution in [3.8, 4) is 11.4 Å². The van der Waals surface area contributed by atoms with E-state index in [1.165, 1.54) is 0 Å². The van der Waals surface area contributed by atoms with Gasteiger partial charge in [0, 0.05) is 35.2 Å². The van der Waals surface area contributed by atoms with Gasteiger partial charge in [-0.25, -0.2) is 0 Å². The summed E-state index contributed by atoms with van der Waals surface area (Å²) in [6.45, 7) is 1.35. The fraction of sp³-hybridized carbons (Fsp3) is 0.250. The first kappa shape index (κ1) is 16.8. The lowest BCUT2D eigenvalue weighted by Crippen LogP contribution is -2.37. The highest BCUT2D eigenvalue weighted by Gasteiger charge is 2.28. The highest BCUT2D eigenvalue weighted by atomic mass is 35.5. The Kier molecular flexibility index (Phi) is 4.71. The lowest BCUT2D eigenvalue weighted by molar-refractivity contribution is 0.0704. The Hall–Kier alpha value is -2.66. The number of carbonyl (C=O) groups excluding carboxylic acids is 1. The first-order valence-corrected chi connectivity index (χ1v) is 9.02. The summed E-state index contributed by atoms with van der Waals surface area (Å²) in [7, 11) is 0. The van der Waals surface area contributed by atoms with Gasteiger partial charge in [0.05, 0.1) is 0 Å². The summed E-state index contributed by atoms with van der Waals surface area (Å²) in [5.74, 6) is 1.49. The van der Waals surface area contributed by atoms with Crippen LogP contribution in [0.3, 0.4) is 0 Å². The van der Waals surface area contributed by atoms with Crippen molar-refractivity contribution < 1.29 is 9.32 Å². The number of carbonyl (C=O) groups is 1. The molecule has 2 heterocycles. The number of nitrogens with zero attached hydrogens (tertiary/aromatic N) is 3. The summed E-state index contributed by atoms with van der Waals surface area (Å²) in [5.41, 5.74) is 1.61. The Labute approximate surface area is 156 Å². The maximum Gasteiger partial charge on any atom is 0.253 e. The minimum absolute atomic E-state index is 0.0376. The fourth-order valence-corrected chi connectivity index (χ4v) is 3.34. The quantitative estimate of drug-likeness (QED) is 0.688. The van der Waals surface area contributed by atoms with Crippen LogP contribution in [0.15, 0.2) is 59.1 Å². The van der Waals surface area contributed by atoms with Crippen molar-refractivity contribution in [1.82, 2.24) is 15.0 Å². The predicted octanol–water partition coefficient (Wildman–Crippen LogP) is 4.41. The molecular formula is C20H18ClN3O2. The summed E-state index contributed by atoms with van der Waals surface area (Å²) < 4.78 is 5.47. The van der Waals surface area contributed by atoms with Crippen molar-refractivity contribution in [3.63, 3.8) is 0 Å². The van der Waals surface area contributed by atoms with E-state index in [9.17, 15) is 4.79 Å². The van der Waals surface area contributed by atoms with E-state index < -0.39 is 0 Å². The Morgan fingerprint density at radius 2 is 1.73 bits per heavy atom. The molecule has 1 aliphatic rings. The third-order valence-corrected chi connectivity index (χ3v) is 4.95. The van der Waals surface area contributed by atoms with Gasteiger partial charge < -0.3 is 9.42 Å². The van der Waals surface area contributed by atoms with E-state index in [1.54, 1.807) is 24.3 Å². The van der Waals surface area contributed by atoms with Crippen molar-refractivity contribution in [2.24, 2.45) is 0 Å². The zero-order valence-corrected chi connectivity index (χ0v) is 14.9. The van der Waals surface area contributed by atoms with Crippen LogP contribution in [0.5, 0.6) is 0 Å². The molecule has 0 atom stereocenters. The van der Waals surface area contributed by atoms with E-state index in [4.69, 9.17) is 16.1 Å². The first-order chi connectivity index (χ1) is 12.7. The van der Waals surface area contributed by atoms with Gasteiger partial charge in [-0.2, -0.15) is 4.98 Å². The van der Waals surface area contributed by atoms with Crippen LogP contribution in [0, 0.1) is 0 Å². The smallest absolute Gasteiger partial charge is 0.253 e. The van der Waals surface area contributed by atoms with Crippen LogP contribution in [-0.4, -0.2) is 34.0 Å². The summed E-state index contributed by atoms with van der Waals surface area (Å²) >= 11 is 5.89. The van der Waals surface area contributed by atoms with Crippen molar-refractivity contribution in [2.45, 2.75) is 18.8 Å². The van der Waals surface area contributed by atoms with Crippen LogP contribution in [0.4, 0.5) is 0 Å². The normalized spacial score (nSPS) is 15.2. The predicted molar refractivity (Wildman–Crippen MR) is 99.1 cm³/mol. The van der Waals surface area contributed by atoms with Crippen LogP contribution in [0.25, 0.3) is 11.4 Å². The molecule has 4 rings (SSSR count). The topological polar surface area (TPSA) is 59.2 Å². The van der Waals surface area contributed by atoms with Gasteiger partial charge in [-0.1, -0.05) is 47.1 Å². The highest BCUT2D eigenvalue weighted by molar-refractivity contribution is 6.30. The second-order valence-corrected chi connectivity index (χ2v) is 6.83. The van der Waals surface area contributed by atoms with Gasteiger partial charge in [-0.3, -0.25) is 4.79 Å². The van der Waals surface area contributed by atoms with Gasteiger partial charge in [0.25, 0.3) is 5.91 Å². The molecule has 0 bridgehead atoms. The fourth-order valence-electron chi connectivity index (χ4n) is 3.21. The zero-order valence-electron chi connectivity index (χ0n) is 14.1. The molecular weight excluding hydrogens is 350 g/mol. The number of halogens is 1. The third-order valence-electron chi connectivity index (χ3n) is 4.70. The summed E-state index contributed by atoms with van der Waals surface area (Å²) in [6.07, 6.45) is 1.63. The number of aromatic nitrogens is 2. The van der Waals surface area contributed by atoms with E-state index in [-0.39, 0.29) is 11.8 Å². The number of benzene rings is 2. The minimum atomic E-state index is 0.0376. The standard InChI is InChI=1S/C20H18ClN3O2/c21-17-8-6-16(7-9-17)20(25)24-12-10-15(11-13-24)19-22-18(23-26-19)14-4-2-1-3-5-14/h1-9,15H,10-13H2. The van der Waals surface area contributed by atoms with Gasteiger partial charge in [-0.15, -0.1) is 0 Å². The molecule has 26 heavy (non-hydrogen) atoms. The Balaban J connectivity index is 1.40. The monoisotopic (exact) mass is 367 g/mol. The first-order valence-electron chi connectivity index (χ1n) is 8.64. The highest BCUT2D eigenvalue weighted by Crippen LogP contribution is 2.29. The molecule has 0 radical (unpaired) electrons. The molecule has 2 aromatic carbocycles. The van der Waals surface area contributed by atoms with Crippen LogP contribution in [0.2, 0.25) is 5.02 Å². The number of likely N-dealkylation sites (tertiary alicyclic amines) is 1. The molecule has 1 saturated heterocycles. The molecule has 3 aromatic rings. The van der Waals surface area contributed by atoms with Crippen molar-refractivity contribution in [3.05, 3.63) is 71.1 Å². The Bertz CT molecular complexity index is 885. The molecule has 1 fully saturated rings. The van der Waals surface area contributed by atoms with E-state index >= 15 is 0 Å². The van der Waals surface area contributed by atoms with Crippen LogP contribution >= 0.6 is 11.6 Å². The number of piperidine rings is 1. The molecule has 1 aliphatic heterocycles. The van der Waals surface area contributed by atoms with Crippen LogP contribution in [0.1, 0.15) is 35.0 Å². The Morgan fingerprint density at radius 1 is 1.04 bits per heavy atom. The second kappa shape index (κ2) is 7.30. The average molecular weight is 368 g/mol. The van der Waals surface area contributed by atoms with Gasteiger partial charge >= 0.3 is 0 Å². The van der Waals surface area contributed by atoms with E-state index in [2.05, 4.69) is 10.1 Å². The van der Waals surface area contributed by atoms with Crippen LogP contribution in [-0.2, 0) is 0 Å². The van der Waals surface area contributed by atoms with E-state index in [0.29, 0.717) is 35.4 Å².